The topological polar surface area (TPSA) is 46.6 Å². The van der Waals surface area contributed by atoms with E-state index in [1.165, 1.54) is 5.56 Å². The predicted octanol–water partition coefficient (Wildman–Crippen LogP) is 1.23. The molecule has 116 valence electrons. The molecule has 0 radical (unpaired) electrons. The second-order valence-electron chi connectivity index (χ2n) is 5.83. The first kappa shape index (κ1) is 14.8. The van der Waals surface area contributed by atoms with Crippen LogP contribution in [0.5, 0.6) is 0 Å². The summed E-state index contributed by atoms with van der Waals surface area (Å²) in [6, 6.07) is 4.30. The number of hydrogen-bond acceptors (Lipinski definition) is 5. The summed E-state index contributed by atoms with van der Waals surface area (Å²) in [6.45, 7) is 4.94. The van der Waals surface area contributed by atoms with Crippen LogP contribution in [0.4, 0.5) is 5.82 Å². The molecule has 1 aromatic rings. The van der Waals surface area contributed by atoms with Crippen molar-refractivity contribution in [2.45, 2.75) is 31.5 Å². The monoisotopic (exact) mass is 291 g/mol. The van der Waals surface area contributed by atoms with Crippen LogP contribution in [-0.4, -0.2) is 57.1 Å². The summed E-state index contributed by atoms with van der Waals surface area (Å²) in [5.74, 6) is 1.09. The lowest BCUT2D eigenvalue weighted by atomic mass is 9.92. The second-order valence-corrected chi connectivity index (χ2v) is 5.83. The lowest BCUT2D eigenvalue weighted by molar-refractivity contribution is -0.0858. The zero-order valence-corrected chi connectivity index (χ0v) is 12.8. The van der Waals surface area contributed by atoms with Crippen molar-refractivity contribution in [2.24, 2.45) is 0 Å². The minimum atomic E-state index is 0.392. The molecule has 2 fully saturated rings. The van der Waals surface area contributed by atoms with E-state index in [0.29, 0.717) is 12.2 Å². The third-order valence-corrected chi connectivity index (χ3v) is 4.38. The summed E-state index contributed by atoms with van der Waals surface area (Å²) in [6.07, 6.45) is 5.80. The van der Waals surface area contributed by atoms with Crippen LogP contribution < -0.4 is 10.2 Å². The van der Waals surface area contributed by atoms with Gasteiger partial charge >= 0.3 is 0 Å². The second kappa shape index (κ2) is 7.20. The number of nitrogens with zero attached hydrogens (tertiary/aromatic N) is 2. The van der Waals surface area contributed by atoms with Crippen LogP contribution in [0.25, 0.3) is 0 Å². The van der Waals surface area contributed by atoms with E-state index >= 15 is 0 Å². The SMILES string of the molecule is COC1CC(OCCc2ccc(N3CCNCC3)nc2)C1. The Hall–Kier alpha value is -1.17. The Morgan fingerprint density at radius 1 is 1.24 bits per heavy atom. The highest BCUT2D eigenvalue weighted by Gasteiger charge is 2.29. The average molecular weight is 291 g/mol. The van der Waals surface area contributed by atoms with Gasteiger partial charge in [-0.25, -0.2) is 4.98 Å². The normalized spacial score (nSPS) is 25.7. The van der Waals surface area contributed by atoms with E-state index in [2.05, 4.69) is 27.3 Å². The molecule has 0 atom stereocenters. The average Bonchev–Trinajstić information content (AvgIpc) is 2.51. The van der Waals surface area contributed by atoms with E-state index in [4.69, 9.17) is 9.47 Å². The lowest BCUT2D eigenvalue weighted by Gasteiger charge is -2.33. The van der Waals surface area contributed by atoms with Gasteiger partial charge in [-0.15, -0.1) is 0 Å². The van der Waals surface area contributed by atoms with Gasteiger partial charge in [-0.3, -0.25) is 0 Å². The van der Waals surface area contributed by atoms with Crippen molar-refractivity contribution >= 4 is 5.82 Å². The zero-order valence-electron chi connectivity index (χ0n) is 12.8. The molecule has 1 aliphatic heterocycles. The van der Waals surface area contributed by atoms with Crippen LogP contribution in [0.1, 0.15) is 18.4 Å². The van der Waals surface area contributed by atoms with E-state index in [0.717, 1.165) is 57.9 Å². The highest BCUT2D eigenvalue weighted by Crippen LogP contribution is 2.25. The summed E-state index contributed by atoms with van der Waals surface area (Å²) in [7, 11) is 1.77. The number of ether oxygens (including phenoxy) is 2. The minimum Gasteiger partial charge on any atom is -0.381 e. The Labute approximate surface area is 126 Å². The van der Waals surface area contributed by atoms with E-state index in [9.17, 15) is 0 Å². The van der Waals surface area contributed by atoms with Crippen LogP contribution in [0, 0.1) is 0 Å². The van der Waals surface area contributed by atoms with E-state index in [-0.39, 0.29) is 0 Å². The predicted molar refractivity (Wildman–Crippen MR) is 82.8 cm³/mol. The van der Waals surface area contributed by atoms with Crippen molar-refractivity contribution in [3.05, 3.63) is 23.9 Å². The number of piperazine rings is 1. The molecule has 5 heteroatoms. The maximum absolute atomic E-state index is 5.83. The molecule has 0 unspecified atom stereocenters. The maximum Gasteiger partial charge on any atom is 0.128 e. The van der Waals surface area contributed by atoms with Crippen molar-refractivity contribution in [3.8, 4) is 0 Å². The van der Waals surface area contributed by atoms with Gasteiger partial charge in [0.25, 0.3) is 0 Å². The standard InChI is InChI=1S/C16H25N3O2/c1-20-14-10-15(11-14)21-9-4-13-2-3-16(18-12-13)19-7-5-17-6-8-19/h2-3,12,14-15,17H,4-11H2,1H3. The molecule has 0 bridgehead atoms. The Bertz CT molecular complexity index is 426. The Morgan fingerprint density at radius 3 is 2.71 bits per heavy atom. The maximum atomic E-state index is 5.83. The number of methoxy groups -OCH3 is 1. The smallest absolute Gasteiger partial charge is 0.128 e. The van der Waals surface area contributed by atoms with Gasteiger partial charge in [-0.1, -0.05) is 6.07 Å². The van der Waals surface area contributed by atoms with Crippen molar-refractivity contribution in [3.63, 3.8) is 0 Å². The van der Waals surface area contributed by atoms with Crippen molar-refractivity contribution in [1.82, 2.24) is 10.3 Å². The van der Waals surface area contributed by atoms with Crippen molar-refractivity contribution in [2.75, 3.05) is 44.8 Å². The molecule has 2 heterocycles. The number of aromatic nitrogens is 1. The fraction of sp³-hybridized carbons (Fsp3) is 0.688. The Balaban J connectivity index is 1.40. The molecule has 5 nitrogen and oxygen atoms in total. The zero-order chi connectivity index (χ0) is 14.5. The Kier molecular flexibility index (Phi) is 5.06. The van der Waals surface area contributed by atoms with Crippen molar-refractivity contribution in [1.29, 1.82) is 0 Å². The van der Waals surface area contributed by atoms with E-state index in [1.54, 1.807) is 7.11 Å². The molecule has 1 saturated carbocycles. The quantitative estimate of drug-likeness (QED) is 0.854. The summed E-state index contributed by atoms with van der Waals surface area (Å²) >= 11 is 0. The third kappa shape index (κ3) is 3.93. The molecule has 1 aromatic heterocycles. The summed E-state index contributed by atoms with van der Waals surface area (Å²) < 4.78 is 11.1. The molecular formula is C16H25N3O2. The minimum absolute atomic E-state index is 0.392. The van der Waals surface area contributed by atoms with Crippen LogP contribution in [0.3, 0.4) is 0 Å². The summed E-state index contributed by atoms with van der Waals surface area (Å²) in [5.41, 5.74) is 1.25. The van der Waals surface area contributed by atoms with Gasteiger partial charge in [0, 0.05) is 39.5 Å². The molecule has 21 heavy (non-hydrogen) atoms. The first-order valence-electron chi connectivity index (χ1n) is 7.90. The molecule has 1 aliphatic carbocycles. The molecule has 1 N–H and O–H groups in total. The summed E-state index contributed by atoms with van der Waals surface area (Å²) in [4.78, 5) is 6.91. The molecule has 0 amide bonds. The first-order chi connectivity index (χ1) is 10.3. The highest BCUT2D eigenvalue weighted by atomic mass is 16.5. The molecule has 2 aliphatic rings. The lowest BCUT2D eigenvalue weighted by Crippen LogP contribution is -2.43. The number of pyridine rings is 1. The third-order valence-electron chi connectivity index (χ3n) is 4.38. The van der Waals surface area contributed by atoms with Gasteiger partial charge < -0.3 is 19.7 Å². The number of hydrogen-bond donors (Lipinski definition) is 1. The van der Waals surface area contributed by atoms with E-state index in [1.807, 2.05) is 6.20 Å². The van der Waals surface area contributed by atoms with E-state index < -0.39 is 0 Å². The highest BCUT2D eigenvalue weighted by molar-refractivity contribution is 5.39. The fourth-order valence-electron chi connectivity index (χ4n) is 2.83. The van der Waals surface area contributed by atoms with Crippen molar-refractivity contribution < 1.29 is 9.47 Å². The van der Waals surface area contributed by atoms with Crippen LogP contribution >= 0.6 is 0 Å². The molecule has 1 saturated heterocycles. The van der Waals surface area contributed by atoms with Crippen LogP contribution in [0.15, 0.2) is 18.3 Å². The Morgan fingerprint density at radius 2 is 2.05 bits per heavy atom. The van der Waals surface area contributed by atoms with Crippen LogP contribution in [-0.2, 0) is 15.9 Å². The summed E-state index contributed by atoms with van der Waals surface area (Å²) in [5, 5.41) is 3.36. The fourth-order valence-corrected chi connectivity index (χ4v) is 2.83. The van der Waals surface area contributed by atoms with Gasteiger partial charge in [0.15, 0.2) is 0 Å². The van der Waals surface area contributed by atoms with Gasteiger partial charge in [-0.05, 0) is 30.9 Å². The molecule has 3 rings (SSSR count). The largest absolute Gasteiger partial charge is 0.381 e. The molecular weight excluding hydrogens is 266 g/mol. The number of rotatable bonds is 6. The molecule has 0 aromatic carbocycles. The number of anilines is 1. The van der Waals surface area contributed by atoms with Gasteiger partial charge in [-0.2, -0.15) is 0 Å². The van der Waals surface area contributed by atoms with Crippen LogP contribution in [0.2, 0.25) is 0 Å². The first-order valence-corrected chi connectivity index (χ1v) is 7.90. The number of nitrogens with one attached hydrogen (secondary N) is 1. The van der Waals surface area contributed by atoms with Gasteiger partial charge in [0.05, 0.1) is 18.8 Å². The van der Waals surface area contributed by atoms with Gasteiger partial charge in [0.1, 0.15) is 5.82 Å². The van der Waals surface area contributed by atoms with Gasteiger partial charge in [0.2, 0.25) is 0 Å². The molecule has 0 spiro atoms.